The van der Waals surface area contributed by atoms with E-state index in [-0.39, 0.29) is 17.6 Å². The van der Waals surface area contributed by atoms with Gasteiger partial charge in [-0.1, -0.05) is 35.9 Å². The van der Waals surface area contributed by atoms with Gasteiger partial charge in [-0.15, -0.1) is 0 Å². The van der Waals surface area contributed by atoms with Crippen LogP contribution in [0.2, 0.25) is 0 Å². The van der Waals surface area contributed by atoms with Crippen molar-refractivity contribution in [3.63, 3.8) is 0 Å². The van der Waals surface area contributed by atoms with Gasteiger partial charge in [-0.25, -0.2) is 0 Å². The predicted molar refractivity (Wildman–Crippen MR) is 99.2 cm³/mol. The van der Waals surface area contributed by atoms with Crippen LogP contribution in [0.1, 0.15) is 21.5 Å². The molecule has 0 aliphatic carbocycles. The first-order chi connectivity index (χ1) is 12.0. The highest BCUT2D eigenvalue weighted by Gasteiger charge is 2.09. The van der Waals surface area contributed by atoms with E-state index in [0.717, 1.165) is 11.1 Å². The second-order valence-corrected chi connectivity index (χ2v) is 5.79. The molecule has 2 aromatic rings. The van der Waals surface area contributed by atoms with E-state index < -0.39 is 5.91 Å². The smallest absolute Gasteiger partial charge is 0.276 e. The number of thiocarbonyl (C=S) groups is 1. The summed E-state index contributed by atoms with van der Waals surface area (Å²) < 4.78 is 5.41. The molecule has 2 rings (SSSR count). The molecule has 7 heteroatoms. The first-order valence-corrected chi connectivity index (χ1v) is 8.02. The van der Waals surface area contributed by atoms with Gasteiger partial charge in [-0.2, -0.15) is 0 Å². The Morgan fingerprint density at radius 3 is 2.52 bits per heavy atom. The first-order valence-electron chi connectivity index (χ1n) is 7.61. The summed E-state index contributed by atoms with van der Waals surface area (Å²) in [6.45, 7) is 3.61. The van der Waals surface area contributed by atoms with E-state index in [1.165, 1.54) is 0 Å². The molecule has 0 heterocycles. The summed E-state index contributed by atoms with van der Waals surface area (Å²) in [6, 6.07) is 14.5. The summed E-state index contributed by atoms with van der Waals surface area (Å²) in [5.74, 6) is -0.144. The number of rotatable bonds is 4. The summed E-state index contributed by atoms with van der Waals surface area (Å²) in [6.07, 6.45) is 0. The van der Waals surface area contributed by atoms with Crippen LogP contribution in [0.15, 0.2) is 48.5 Å². The van der Waals surface area contributed by atoms with Gasteiger partial charge in [0.15, 0.2) is 11.7 Å². The molecule has 3 N–H and O–H groups in total. The van der Waals surface area contributed by atoms with Crippen LogP contribution in [-0.4, -0.2) is 23.5 Å². The Hall–Kier alpha value is -2.93. The highest BCUT2D eigenvalue weighted by atomic mass is 32.1. The molecule has 0 saturated heterocycles. The van der Waals surface area contributed by atoms with Crippen LogP contribution in [0.25, 0.3) is 0 Å². The summed E-state index contributed by atoms with van der Waals surface area (Å²) in [7, 11) is 0. The third-order valence-corrected chi connectivity index (χ3v) is 3.48. The lowest BCUT2D eigenvalue weighted by Crippen LogP contribution is -2.49. The molecule has 0 atom stereocenters. The van der Waals surface area contributed by atoms with Gasteiger partial charge < -0.3 is 4.74 Å². The summed E-state index contributed by atoms with van der Waals surface area (Å²) in [4.78, 5) is 23.8. The summed E-state index contributed by atoms with van der Waals surface area (Å²) in [5.41, 5.74) is 7.22. The second-order valence-electron chi connectivity index (χ2n) is 5.38. The van der Waals surface area contributed by atoms with Crippen LogP contribution in [0.5, 0.6) is 5.75 Å². The Morgan fingerprint density at radius 1 is 1.04 bits per heavy atom. The molecule has 0 bridgehead atoms. The van der Waals surface area contributed by atoms with Gasteiger partial charge in [-0.05, 0) is 49.8 Å². The summed E-state index contributed by atoms with van der Waals surface area (Å²) >= 11 is 4.98. The molecule has 2 aromatic carbocycles. The normalized spacial score (nSPS) is 9.84. The molecule has 130 valence electrons. The zero-order valence-corrected chi connectivity index (χ0v) is 14.8. The third-order valence-electron chi connectivity index (χ3n) is 3.28. The zero-order valence-electron chi connectivity index (χ0n) is 14.0. The molecule has 0 fully saturated rings. The predicted octanol–water partition coefficient (Wildman–Crippen LogP) is 2.02. The lowest BCUT2D eigenvalue weighted by molar-refractivity contribution is -0.123. The van der Waals surface area contributed by atoms with Crippen LogP contribution in [-0.2, 0) is 4.79 Å². The monoisotopic (exact) mass is 357 g/mol. The minimum Gasteiger partial charge on any atom is -0.483 e. The number of carbonyl (C=O) groups excluding carboxylic acids is 2. The van der Waals surface area contributed by atoms with Crippen molar-refractivity contribution in [3.05, 3.63) is 65.2 Å². The molecule has 0 unspecified atom stereocenters. The van der Waals surface area contributed by atoms with Crippen molar-refractivity contribution in [1.29, 1.82) is 0 Å². The van der Waals surface area contributed by atoms with E-state index in [9.17, 15) is 9.59 Å². The lowest BCUT2D eigenvalue weighted by Gasteiger charge is -2.12. The number of amides is 2. The molecule has 0 radical (unpaired) electrons. The van der Waals surface area contributed by atoms with Gasteiger partial charge in [0, 0.05) is 5.56 Å². The number of ether oxygens (including phenoxy) is 1. The maximum atomic E-state index is 12.0. The zero-order chi connectivity index (χ0) is 18.2. The molecular weight excluding hydrogens is 338 g/mol. The maximum Gasteiger partial charge on any atom is 0.276 e. The third kappa shape index (κ3) is 5.89. The molecule has 6 nitrogen and oxygen atoms in total. The number of nitrogens with one attached hydrogen (secondary N) is 3. The van der Waals surface area contributed by atoms with Crippen molar-refractivity contribution in [2.45, 2.75) is 13.8 Å². The highest BCUT2D eigenvalue weighted by molar-refractivity contribution is 7.80. The Bertz CT molecular complexity index is 793. The van der Waals surface area contributed by atoms with Gasteiger partial charge in [0.2, 0.25) is 0 Å². The van der Waals surface area contributed by atoms with E-state index in [1.807, 2.05) is 38.1 Å². The number of hydrogen-bond acceptors (Lipinski definition) is 4. The Morgan fingerprint density at radius 2 is 1.80 bits per heavy atom. The fourth-order valence-corrected chi connectivity index (χ4v) is 2.16. The topological polar surface area (TPSA) is 79.5 Å². The van der Waals surface area contributed by atoms with Crippen LogP contribution in [0.3, 0.4) is 0 Å². The highest BCUT2D eigenvalue weighted by Crippen LogP contribution is 2.15. The number of aryl methyl sites for hydroxylation is 2. The van der Waals surface area contributed by atoms with Crippen molar-refractivity contribution in [3.8, 4) is 5.75 Å². The Kier molecular flexibility index (Phi) is 6.47. The molecule has 0 aliphatic heterocycles. The molecule has 0 saturated carbocycles. The van der Waals surface area contributed by atoms with E-state index in [1.54, 1.807) is 24.3 Å². The lowest BCUT2D eigenvalue weighted by atomic mass is 10.1. The van der Waals surface area contributed by atoms with Crippen molar-refractivity contribution in [1.82, 2.24) is 16.2 Å². The molecule has 25 heavy (non-hydrogen) atoms. The van der Waals surface area contributed by atoms with Crippen LogP contribution >= 0.6 is 12.2 Å². The molecule has 0 aliphatic rings. The van der Waals surface area contributed by atoms with E-state index in [4.69, 9.17) is 17.0 Å². The van der Waals surface area contributed by atoms with Gasteiger partial charge in [-0.3, -0.25) is 25.8 Å². The molecule has 0 spiro atoms. The number of hydrazine groups is 1. The first kappa shape index (κ1) is 18.4. The SMILES string of the molecule is Cc1cccc(C(=O)NC(=S)NNC(=O)COc2ccccc2C)c1. The average Bonchev–Trinajstić information content (AvgIpc) is 2.59. The maximum absolute atomic E-state index is 12.0. The Balaban J connectivity index is 1.75. The standard InChI is InChI=1S/C18H19N3O3S/c1-12-6-5-8-14(10-12)17(23)19-18(25)21-20-16(22)11-24-15-9-4-3-7-13(15)2/h3-10H,11H2,1-2H3,(H,20,22)(H2,19,21,23,25). The van der Waals surface area contributed by atoms with E-state index >= 15 is 0 Å². The Labute approximate surface area is 151 Å². The minimum atomic E-state index is -0.421. The van der Waals surface area contributed by atoms with Gasteiger partial charge in [0.25, 0.3) is 11.8 Å². The minimum absolute atomic E-state index is 0.00394. The second kappa shape index (κ2) is 8.79. The van der Waals surface area contributed by atoms with Crippen molar-refractivity contribution in [2.24, 2.45) is 0 Å². The van der Waals surface area contributed by atoms with Gasteiger partial charge in [0.05, 0.1) is 0 Å². The number of carbonyl (C=O) groups is 2. The molecular formula is C18H19N3O3S. The van der Waals surface area contributed by atoms with Gasteiger partial charge in [0.1, 0.15) is 5.75 Å². The van der Waals surface area contributed by atoms with Crippen molar-refractivity contribution in [2.75, 3.05) is 6.61 Å². The largest absolute Gasteiger partial charge is 0.483 e. The fourth-order valence-electron chi connectivity index (χ4n) is 2.02. The molecule has 2 amide bonds. The number of hydrogen-bond donors (Lipinski definition) is 3. The number of para-hydroxylation sites is 1. The summed E-state index contributed by atoms with van der Waals surface area (Å²) in [5, 5.41) is 2.48. The quantitative estimate of drug-likeness (QED) is 0.576. The van der Waals surface area contributed by atoms with E-state index in [0.29, 0.717) is 11.3 Å². The van der Waals surface area contributed by atoms with Crippen LogP contribution in [0, 0.1) is 13.8 Å². The van der Waals surface area contributed by atoms with E-state index in [2.05, 4.69) is 16.2 Å². The number of benzene rings is 2. The van der Waals surface area contributed by atoms with Crippen molar-refractivity contribution >= 4 is 29.1 Å². The molecule has 0 aromatic heterocycles. The van der Waals surface area contributed by atoms with Gasteiger partial charge >= 0.3 is 0 Å². The van der Waals surface area contributed by atoms with Crippen molar-refractivity contribution < 1.29 is 14.3 Å². The fraction of sp³-hybridized carbons (Fsp3) is 0.167. The van der Waals surface area contributed by atoms with Crippen LogP contribution in [0.4, 0.5) is 0 Å². The van der Waals surface area contributed by atoms with Crippen LogP contribution < -0.4 is 20.9 Å². The average molecular weight is 357 g/mol.